The lowest BCUT2D eigenvalue weighted by atomic mass is 10.1. The van der Waals surface area contributed by atoms with Crippen LogP contribution < -0.4 is 4.90 Å². The summed E-state index contributed by atoms with van der Waals surface area (Å²) in [5, 5.41) is 7.46. The molecule has 3 heterocycles. The van der Waals surface area contributed by atoms with Crippen LogP contribution in [0.4, 0.5) is 5.82 Å². The third-order valence-corrected chi connectivity index (χ3v) is 5.22. The van der Waals surface area contributed by atoms with Crippen LogP contribution in [-0.4, -0.2) is 51.2 Å². The number of anilines is 1. The first kappa shape index (κ1) is 17.7. The molecule has 0 unspecified atom stereocenters. The zero-order valence-corrected chi connectivity index (χ0v) is 16.0. The lowest BCUT2D eigenvalue weighted by Crippen LogP contribution is -2.46. The van der Waals surface area contributed by atoms with Crippen molar-refractivity contribution >= 4 is 5.82 Å². The molecular formula is C21H26N6. The standard InChI is InChI=1S/C21H26N6/c1-3-19-12-20(23-15-22-19)27-10-8-26(9-11-27)14-18-13-24-25-21(18)17-6-4-16(2)5-7-17/h4-7,12-13,15H,3,8-11,14H2,1-2H3,(H,24,25). The van der Waals surface area contributed by atoms with Crippen molar-refractivity contribution in [1.82, 2.24) is 25.1 Å². The molecule has 0 aliphatic carbocycles. The molecule has 1 N–H and O–H groups in total. The molecule has 0 saturated carbocycles. The van der Waals surface area contributed by atoms with Crippen LogP contribution >= 0.6 is 0 Å². The van der Waals surface area contributed by atoms with Crippen LogP contribution in [0.3, 0.4) is 0 Å². The summed E-state index contributed by atoms with van der Waals surface area (Å²) in [4.78, 5) is 13.6. The molecule has 0 bridgehead atoms. The molecule has 3 aromatic rings. The maximum atomic E-state index is 4.45. The molecule has 0 amide bonds. The van der Waals surface area contributed by atoms with Crippen molar-refractivity contribution in [1.29, 1.82) is 0 Å². The van der Waals surface area contributed by atoms with Gasteiger partial charge in [-0.25, -0.2) is 9.97 Å². The fraction of sp³-hybridized carbons (Fsp3) is 0.381. The Morgan fingerprint density at radius 3 is 2.56 bits per heavy atom. The highest BCUT2D eigenvalue weighted by Crippen LogP contribution is 2.23. The first-order chi connectivity index (χ1) is 13.2. The number of nitrogens with one attached hydrogen (secondary N) is 1. The first-order valence-corrected chi connectivity index (χ1v) is 9.60. The van der Waals surface area contributed by atoms with Crippen LogP contribution in [0.25, 0.3) is 11.3 Å². The Bertz CT molecular complexity index is 878. The highest BCUT2D eigenvalue weighted by molar-refractivity contribution is 5.62. The number of hydrogen-bond acceptors (Lipinski definition) is 5. The van der Waals surface area contributed by atoms with Crippen molar-refractivity contribution in [2.45, 2.75) is 26.8 Å². The second kappa shape index (κ2) is 7.88. The van der Waals surface area contributed by atoms with E-state index in [2.05, 4.69) is 74.1 Å². The van der Waals surface area contributed by atoms with Gasteiger partial charge in [0.2, 0.25) is 0 Å². The van der Waals surface area contributed by atoms with Crippen molar-refractivity contribution in [3.05, 3.63) is 59.7 Å². The maximum absolute atomic E-state index is 4.45. The molecule has 1 saturated heterocycles. The Morgan fingerprint density at radius 1 is 1.04 bits per heavy atom. The predicted octanol–water partition coefficient (Wildman–Crippen LogP) is 3.06. The highest BCUT2D eigenvalue weighted by Gasteiger charge is 2.20. The zero-order chi connectivity index (χ0) is 18.6. The van der Waals surface area contributed by atoms with Crippen LogP contribution in [0.1, 0.15) is 23.7 Å². The van der Waals surface area contributed by atoms with Crippen molar-refractivity contribution in [3.8, 4) is 11.3 Å². The fourth-order valence-electron chi connectivity index (χ4n) is 3.53. The maximum Gasteiger partial charge on any atom is 0.132 e. The Morgan fingerprint density at radius 2 is 1.81 bits per heavy atom. The van der Waals surface area contributed by atoms with Crippen molar-refractivity contribution in [3.63, 3.8) is 0 Å². The molecule has 2 aromatic heterocycles. The number of aromatic amines is 1. The minimum atomic E-state index is 0.914. The summed E-state index contributed by atoms with van der Waals surface area (Å²) >= 11 is 0. The average Bonchev–Trinajstić information content (AvgIpc) is 3.17. The molecule has 4 rings (SSSR count). The van der Waals surface area contributed by atoms with Crippen LogP contribution in [0.5, 0.6) is 0 Å². The quantitative estimate of drug-likeness (QED) is 0.756. The van der Waals surface area contributed by atoms with Gasteiger partial charge in [-0.15, -0.1) is 0 Å². The van der Waals surface area contributed by atoms with E-state index in [4.69, 9.17) is 0 Å². The lowest BCUT2D eigenvalue weighted by molar-refractivity contribution is 0.249. The van der Waals surface area contributed by atoms with E-state index in [0.717, 1.165) is 56.4 Å². The second-order valence-electron chi connectivity index (χ2n) is 7.12. The van der Waals surface area contributed by atoms with E-state index in [1.54, 1.807) is 6.33 Å². The van der Waals surface area contributed by atoms with Crippen LogP contribution in [0, 0.1) is 6.92 Å². The van der Waals surface area contributed by atoms with Gasteiger partial charge in [0.1, 0.15) is 12.1 Å². The molecular weight excluding hydrogens is 336 g/mol. The third-order valence-electron chi connectivity index (χ3n) is 5.22. The molecule has 140 valence electrons. The molecule has 1 aromatic carbocycles. The third kappa shape index (κ3) is 4.01. The number of piperazine rings is 1. The molecule has 6 nitrogen and oxygen atoms in total. The number of H-pyrrole nitrogens is 1. The first-order valence-electron chi connectivity index (χ1n) is 9.60. The van der Waals surface area contributed by atoms with Crippen molar-refractivity contribution in [2.75, 3.05) is 31.1 Å². The average molecular weight is 362 g/mol. The van der Waals surface area contributed by atoms with E-state index in [1.165, 1.54) is 16.7 Å². The monoisotopic (exact) mass is 362 g/mol. The minimum absolute atomic E-state index is 0.914. The number of hydrogen-bond donors (Lipinski definition) is 1. The predicted molar refractivity (Wildman–Crippen MR) is 108 cm³/mol. The summed E-state index contributed by atoms with van der Waals surface area (Å²) in [6.45, 7) is 9.15. The molecule has 6 heteroatoms. The summed E-state index contributed by atoms with van der Waals surface area (Å²) in [6, 6.07) is 10.7. The number of rotatable bonds is 5. The van der Waals surface area contributed by atoms with Gasteiger partial charge in [-0.05, 0) is 18.9 Å². The van der Waals surface area contributed by atoms with Gasteiger partial charge in [0.15, 0.2) is 0 Å². The summed E-state index contributed by atoms with van der Waals surface area (Å²) in [5.41, 5.74) is 5.94. The molecule has 0 radical (unpaired) electrons. The van der Waals surface area contributed by atoms with Gasteiger partial charge in [-0.2, -0.15) is 5.10 Å². The fourth-order valence-corrected chi connectivity index (χ4v) is 3.53. The van der Waals surface area contributed by atoms with E-state index < -0.39 is 0 Å². The van der Waals surface area contributed by atoms with Crippen molar-refractivity contribution < 1.29 is 0 Å². The Balaban J connectivity index is 1.40. The summed E-state index contributed by atoms with van der Waals surface area (Å²) in [6.07, 6.45) is 4.58. The van der Waals surface area contributed by atoms with Crippen molar-refractivity contribution in [2.24, 2.45) is 0 Å². The lowest BCUT2D eigenvalue weighted by Gasteiger charge is -2.35. The van der Waals surface area contributed by atoms with Gasteiger partial charge >= 0.3 is 0 Å². The van der Waals surface area contributed by atoms with Gasteiger partial charge in [0, 0.05) is 50.0 Å². The van der Waals surface area contributed by atoms with Gasteiger partial charge < -0.3 is 4.90 Å². The number of benzene rings is 1. The van der Waals surface area contributed by atoms with E-state index in [0.29, 0.717) is 0 Å². The largest absolute Gasteiger partial charge is 0.354 e. The van der Waals surface area contributed by atoms with E-state index >= 15 is 0 Å². The van der Waals surface area contributed by atoms with Gasteiger partial charge in [0.25, 0.3) is 0 Å². The zero-order valence-electron chi connectivity index (χ0n) is 16.0. The van der Waals surface area contributed by atoms with Gasteiger partial charge in [-0.3, -0.25) is 10.00 Å². The Kier molecular flexibility index (Phi) is 5.16. The normalized spacial score (nSPS) is 15.3. The summed E-state index contributed by atoms with van der Waals surface area (Å²) < 4.78 is 0. The number of aryl methyl sites for hydroxylation is 2. The Labute approximate surface area is 160 Å². The molecule has 1 fully saturated rings. The topological polar surface area (TPSA) is 60.9 Å². The number of aromatic nitrogens is 4. The van der Waals surface area contributed by atoms with Crippen LogP contribution in [-0.2, 0) is 13.0 Å². The minimum Gasteiger partial charge on any atom is -0.354 e. The van der Waals surface area contributed by atoms with Gasteiger partial charge in [-0.1, -0.05) is 36.8 Å². The molecule has 0 spiro atoms. The van der Waals surface area contributed by atoms with Gasteiger partial charge in [0.05, 0.1) is 11.9 Å². The molecule has 1 aliphatic heterocycles. The molecule has 0 atom stereocenters. The van der Waals surface area contributed by atoms with E-state index in [-0.39, 0.29) is 0 Å². The smallest absolute Gasteiger partial charge is 0.132 e. The van der Waals surface area contributed by atoms with Crippen LogP contribution in [0.15, 0.2) is 42.9 Å². The summed E-state index contributed by atoms with van der Waals surface area (Å²) in [5.74, 6) is 1.05. The Hall–Kier alpha value is -2.73. The highest BCUT2D eigenvalue weighted by atomic mass is 15.3. The van der Waals surface area contributed by atoms with E-state index in [9.17, 15) is 0 Å². The SMILES string of the molecule is CCc1cc(N2CCN(Cc3cn[nH]c3-c3ccc(C)cc3)CC2)ncn1. The summed E-state index contributed by atoms with van der Waals surface area (Å²) in [7, 11) is 0. The number of nitrogens with zero attached hydrogens (tertiary/aromatic N) is 5. The molecule has 27 heavy (non-hydrogen) atoms. The molecule has 1 aliphatic rings. The second-order valence-corrected chi connectivity index (χ2v) is 7.12. The van der Waals surface area contributed by atoms with Crippen LogP contribution in [0.2, 0.25) is 0 Å². The van der Waals surface area contributed by atoms with E-state index in [1.807, 2.05) is 6.20 Å².